The fraction of sp³-hybridized carbons (Fsp3) is 0.818. The maximum atomic E-state index is 5.32. The first kappa shape index (κ1) is 18.8. The third kappa shape index (κ3) is 30.4. The predicted molar refractivity (Wildman–Crippen MR) is 65.2 cm³/mol. The molecule has 0 aliphatic carbocycles. The lowest BCUT2D eigenvalue weighted by Gasteiger charge is -1.81. The summed E-state index contributed by atoms with van der Waals surface area (Å²) in [6, 6.07) is 0. The number of amidine groups is 1. The minimum Gasteiger partial charge on any atom is -0.291 e. The summed E-state index contributed by atoms with van der Waals surface area (Å²) >= 11 is 0. The maximum Gasteiger partial charge on any atom is 0.237 e. The molecule has 3 heteroatoms. The average Bonchev–Trinajstić information content (AvgIpc) is 2.01. The van der Waals surface area contributed by atoms with Crippen LogP contribution in [-0.2, 0) is 0 Å². The summed E-state index contributed by atoms with van der Waals surface area (Å²) in [7, 11) is 0. The zero-order valence-electron chi connectivity index (χ0n) is 9.48. The second-order valence-corrected chi connectivity index (χ2v) is 3.21. The van der Waals surface area contributed by atoms with Gasteiger partial charge in [-0.1, -0.05) is 21.3 Å². The molecule has 0 fully saturated rings. The summed E-state index contributed by atoms with van der Waals surface area (Å²) < 4.78 is 0. The summed E-state index contributed by atoms with van der Waals surface area (Å²) in [6.07, 6.45) is 3.37. The van der Waals surface area contributed by atoms with Crippen molar-refractivity contribution in [3.63, 3.8) is 0 Å². The molecule has 0 aromatic heterocycles. The standard InChI is InChI=1S/C5H12N2.C5H11N.CH4/c1-3-4-7-5(2)6;1-3-4-5(2)6;/h3-4H2,1-2H3,(H2,6,7);6H,3-4H2,1-2H3;1H4/p+2. The van der Waals surface area contributed by atoms with Crippen LogP contribution in [0.5, 0.6) is 0 Å². The monoisotopic (exact) mass is 203 g/mol. The largest absolute Gasteiger partial charge is 0.291 e. The third-order valence-electron chi connectivity index (χ3n) is 1.30. The lowest BCUT2D eigenvalue weighted by molar-refractivity contribution is -0.458. The van der Waals surface area contributed by atoms with Crippen LogP contribution >= 0.6 is 0 Å². The average molecular weight is 203 g/mol. The van der Waals surface area contributed by atoms with Crippen LogP contribution in [0, 0.1) is 0 Å². The van der Waals surface area contributed by atoms with Crippen LogP contribution in [0.1, 0.15) is 54.4 Å². The van der Waals surface area contributed by atoms with Crippen molar-refractivity contribution < 1.29 is 10.4 Å². The zero-order valence-corrected chi connectivity index (χ0v) is 9.48. The minimum absolute atomic E-state index is 0. The van der Waals surface area contributed by atoms with E-state index in [1.165, 1.54) is 6.42 Å². The van der Waals surface area contributed by atoms with Crippen LogP contribution in [0.3, 0.4) is 0 Å². The van der Waals surface area contributed by atoms with Crippen molar-refractivity contribution >= 4 is 11.5 Å². The summed E-state index contributed by atoms with van der Waals surface area (Å²) in [5, 5.41) is 5.32. The Morgan fingerprint density at radius 2 is 1.71 bits per heavy atom. The molecule has 0 aliphatic rings. The van der Waals surface area contributed by atoms with Crippen LogP contribution in [0.2, 0.25) is 0 Å². The quantitative estimate of drug-likeness (QED) is 0.418. The highest BCUT2D eigenvalue weighted by Crippen LogP contribution is 1.82. The van der Waals surface area contributed by atoms with Gasteiger partial charge in [0.05, 0.1) is 6.54 Å². The Bertz CT molecular complexity index is 147. The van der Waals surface area contributed by atoms with Gasteiger partial charge < -0.3 is 0 Å². The van der Waals surface area contributed by atoms with Crippen LogP contribution in [0.15, 0.2) is 0 Å². The molecule has 0 atom stereocenters. The van der Waals surface area contributed by atoms with Crippen molar-refractivity contribution in [2.45, 2.75) is 54.4 Å². The first-order valence-electron chi connectivity index (χ1n) is 4.95. The highest BCUT2D eigenvalue weighted by atomic mass is 14.8. The van der Waals surface area contributed by atoms with E-state index in [0.29, 0.717) is 0 Å². The Labute approximate surface area is 89.3 Å². The molecular weight excluding hydrogens is 174 g/mol. The van der Waals surface area contributed by atoms with E-state index in [2.05, 4.69) is 18.8 Å². The van der Waals surface area contributed by atoms with Crippen molar-refractivity contribution in [3.05, 3.63) is 0 Å². The molecule has 0 aliphatic heterocycles. The van der Waals surface area contributed by atoms with E-state index in [0.717, 1.165) is 30.9 Å². The Balaban J connectivity index is -0.000000163. The fourth-order valence-electron chi connectivity index (χ4n) is 0.717. The summed E-state index contributed by atoms with van der Waals surface area (Å²) in [6.45, 7) is 9.02. The Morgan fingerprint density at radius 1 is 1.21 bits per heavy atom. The summed E-state index contributed by atoms with van der Waals surface area (Å²) in [5.74, 6) is 0.807. The molecule has 0 unspecified atom stereocenters. The molecule has 0 saturated heterocycles. The molecule has 5 N–H and O–H groups in total. The predicted octanol–water partition coefficient (Wildman–Crippen LogP) is -0.503. The van der Waals surface area contributed by atoms with Crippen molar-refractivity contribution in [3.8, 4) is 0 Å². The molecule has 0 bridgehead atoms. The number of rotatable bonds is 4. The number of hydrogen-bond acceptors (Lipinski definition) is 0. The minimum atomic E-state index is 0. The molecular formula is C11H29N3+2. The summed E-state index contributed by atoms with van der Waals surface area (Å²) in [5.41, 5.74) is 6.32. The Hall–Kier alpha value is -0.860. The first-order chi connectivity index (χ1) is 6.04. The second kappa shape index (κ2) is 14.7. The molecule has 86 valence electrons. The number of hydrogen-bond donors (Lipinski definition) is 3. The molecule has 0 saturated carbocycles. The van der Waals surface area contributed by atoms with E-state index >= 15 is 0 Å². The van der Waals surface area contributed by atoms with E-state index in [-0.39, 0.29) is 7.43 Å². The van der Waals surface area contributed by atoms with E-state index < -0.39 is 0 Å². The Morgan fingerprint density at radius 3 is 1.79 bits per heavy atom. The second-order valence-electron chi connectivity index (χ2n) is 3.21. The van der Waals surface area contributed by atoms with Gasteiger partial charge in [-0.15, -0.1) is 0 Å². The highest BCUT2D eigenvalue weighted by molar-refractivity contribution is 5.75. The van der Waals surface area contributed by atoms with Crippen LogP contribution in [0.4, 0.5) is 0 Å². The van der Waals surface area contributed by atoms with E-state index in [9.17, 15) is 0 Å². The molecule has 0 aromatic rings. The smallest absolute Gasteiger partial charge is 0.237 e. The molecule has 0 rings (SSSR count). The van der Waals surface area contributed by atoms with Gasteiger partial charge in [0.25, 0.3) is 0 Å². The van der Waals surface area contributed by atoms with Crippen LogP contribution in [-0.4, -0.2) is 18.1 Å². The van der Waals surface area contributed by atoms with E-state index in [4.69, 9.17) is 11.1 Å². The van der Waals surface area contributed by atoms with Gasteiger partial charge in [-0.3, -0.25) is 16.1 Å². The lowest BCUT2D eigenvalue weighted by atomic mass is 10.2. The van der Waals surface area contributed by atoms with Gasteiger partial charge in [-0.2, -0.15) is 0 Å². The molecule has 0 spiro atoms. The maximum absolute atomic E-state index is 5.32. The van der Waals surface area contributed by atoms with Gasteiger partial charge in [0, 0.05) is 20.3 Å². The van der Waals surface area contributed by atoms with Crippen molar-refractivity contribution in [2.24, 2.45) is 5.73 Å². The van der Waals surface area contributed by atoms with Gasteiger partial charge in [-0.25, -0.2) is 0 Å². The highest BCUT2D eigenvalue weighted by Gasteiger charge is 1.85. The van der Waals surface area contributed by atoms with Gasteiger partial charge >= 0.3 is 0 Å². The summed E-state index contributed by atoms with van der Waals surface area (Å²) in [4.78, 5) is 2.99. The van der Waals surface area contributed by atoms with E-state index in [1.54, 1.807) is 0 Å². The first-order valence-corrected chi connectivity index (χ1v) is 4.95. The fourth-order valence-corrected chi connectivity index (χ4v) is 0.717. The van der Waals surface area contributed by atoms with Gasteiger partial charge in [0.15, 0.2) is 0 Å². The molecule has 0 amide bonds. The Kier molecular flexibility index (Phi) is 19.7. The molecule has 0 heterocycles. The normalized spacial score (nSPS) is 9.57. The topological polar surface area (TPSA) is 65.6 Å². The van der Waals surface area contributed by atoms with Gasteiger partial charge in [0.1, 0.15) is 5.71 Å². The molecule has 0 aromatic carbocycles. The van der Waals surface area contributed by atoms with E-state index in [1.807, 2.05) is 13.8 Å². The lowest BCUT2D eigenvalue weighted by Crippen LogP contribution is -2.74. The van der Waals surface area contributed by atoms with Gasteiger partial charge in [0.2, 0.25) is 5.84 Å². The van der Waals surface area contributed by atoms with Crippen molar-refractivity contribution in [1.82, 2.24) is 0 Å². The zero-order chi connectivity index (χ0) is 10.7. The van der Waals surface area contributed by atoms with Gasteiger partial charge in [-0.05, 0) is 12.8 Å². The number of nitrogens with one attached hydrogen (secondary N) is 1. The third-order valence-corrected chi connectivity index (χ3v) is 1.30. The SMILES string of the molecule is C.CCCC(C)=[NH2+].CCC[NH+]=C(C)N. The van der Waals surface area contributed by atoms with Crippen LogP contribution < -0.4 is 16.1 Å². The number of nitrogens with two attached hydrogens (primary N) is 2. The van der Waals surface area contributed by atoms with Crippen molar-refractivity contribution in [2.75, 3.05) is 6.54 Å². The van der Waals surface area contributed by atoms with Crippen molar-refractivity contribution in [1.29, 1.82) is 0 Å². The van der Waals surface area contributed by atoms with Crippen LogP contribution in [0.25, 0.3) is 0 Å². The molecule has 14 heavy (non-hydrogen) atoms. The molecule has 0 radical (unpaired) electrons. The molecule has 3 nitrogen and oxygen atoms in total.